The molecule has 2 aliphatic heterocycles. The van der Waals surface area contributed by atoms with Crippen molar-refractivity contribution in [1.29, 1.82) is 0 Å². The molecule has 0 saturated carbocycles. The lowest BCUT2D eigenvalue weighted by Gasteiger charge is -2.34. The Morgan fingerprint density at radius 2 is 2.20 bits per heavy atom. The molecule has 0 saturated heterocycles. The number of hydrogen-bond donors (Lipinski definition) is 2. The Hall–Kier alpha value is -1.13. The van der Waals surface area contributed by atoms with Crippen molar-refractivity contribution in [3.8, 4) is 5.75 Å². The summed E-state index contributed by atoms with van der Waals surface area (Å²) in [5.41, 5.74) is 3.95. The van der Waals surface area contributed by atoms with Crippen LogP contribution in [0.4, 0.5) is 0 Å². The molecule has 1 aromatic carbocycles. The summed E-state index contributed by atoms with van der Waals surface area (Å²) in [6, 6.07) is 7.06. The van der Waals surface area contributed by atoms with Gasteiger partial charge in [-0.05, 0) is 24.1 Å². The average molecular weight is 290 g/mol. The molecular formula is C16H22N2OS. The van der Waals surface area contributed by atoms with Gasteiger partial charge in [0.05, 0.1) is 6.61 Å². The van der Waals surface area contributed by atoms with E-state index in [0.717, 1.165) is 43.2 Å². The zero-order chi connectivity index (χ0) is 14.1. The standard InChI is InChI=1S/C16H22N2OS/c1-11(18-7-5-14(17-2)16(20)10-18)13-4-3-12-6-8-19-15(12)9-13/h3-4,9,11,17,20H,5-8,10H2,1-2H3. The molecule has 0 spiro atoms. The maximum absolute atomic E-state index is 5.68. The van der Waals surface area contributed by atoms with Crippen molar-refractivity contribution in [2.24, 2.45) is 0 Å². The zero-order valence-electron chi connectivity index (χ0n) is 12.1. The number of rotatable bonds is 3. The first-order valence-corrected chi connectivity index (χ1v) is 7.72. The number of nitrogens with one attached hydrogen (secondary N) is 1. The molecule has 0 bridgehead atoms. The molecule has 0 radical (unpaired) electrons. The van der Waals surface area contributed by atoms with Crippen LogP contribution in [0.5, 0.6) is 5.75 Å². The van der Waals surface area contributed by atoms with Gasteiger partial charge in [0.25, 0.3) is 0 Å². The molecule has 0 aromatic heterocycles. The van der Waals surface area contributed by atoms with E-state index in [9.17, 15) is 0 Å². The van der Waals surface area contributed by atoms with Gasteiger partial charge >= 0.3 is 0 Å². The van der Waals surface area contributed by atoms with Crippen LogP contribution in [0.3, 0.4) is 0 Å². The Bertz CT molecular complexity index is 541. The fraction of sp³-hybridized carbons (Fsp3) is 0.500. The molecule has 20 heavy (non-hydrogen) atoms. The Kier molecular flexibility index (Phi) is 3.94. The molecule has 1 unspecified atom stereocenters. The van der Waals surface area contributed by atoms with Gasteiger partial charge in [-0.25, -0.2) is 0 Å². The SMILES string of the molecule is CNC1=C(S)CN(C(C)c2ccc3c(c2)OCC3)CC1. The minimum absolute atomic E-state index is 0.394. The Balaban J connectivity index is 1.77. The number of benzene rings is 1. The second kappa shape index (κ2) is 5.70. The number of ether oxygens (including phenoxy) is 1. The first-order valence-electron chi connectivity index (χ1n) is 7.27. The van der Waals surface area contributed by atoms with E-state index in [2.05, 4.69) is 48.0 Å². The van der Waals surface area contributed by atoms with Crippen LogP contribution >= 0.6 is 12.6 Å². The van der Waals surface area contributed by atoms with E-state index in [1.165, 1.54) is 16.8 Å². The van der Waals surface area contributed by atoms with Gasteiger partial charge in [-0.1, -0.05) is 12.1 Å². The molecule has 0 amide bonds. The van der Waals surface area contributed by atoms with Crippen molar-refractivity contribution in [3.63, 3.8) is 0 Å². The van der Waals surface area contributed by atoms with Gasteiger partial charge in [-0.15, -0.1) is 12.6 Å². The highest BCUT2D eigenvalue weighted by molar-refractivity contribution is 7.84. The third kappa shape index (κ3) is 2.54. The third-order valence-corrected chi connectivity index (χ3v) is 4.81. The number of fused-ring (bicyclic) bond motifs is 1. The zero-order valence-corrected chi connectivity index (χ0v) is 13.0. The molecule has 0 fully saturated rings. The lowest BCUT2D eigenvalue weighted by Crippen LogP contribution is -2.35. The lowest BCUT2D eigenvalue weighted by molar-refractivity contribution is 0.223. The smallest absolute Gasteiger partial charge is 0.122 e. The van der Waals surface area contributed by atoms with Crippen LogP contribution in [0.15, 0.2) is 28.8 Å². The van der Waals surface area contributed by atoms with E-state index < -0.39 is 0 Å². The van der Waals surface area contributed by atoms with Crippen LogP contribution in [0.1, 0.15) is 30.5 Å². The molecule has 1 aromatic rings. The van der Waals surface area contributed by atoms with Gasteiger partial charge in [-0.2, -0.15) is 0 Å². The van der Waals surface area contributed by atoms with Gasteiger partial charge < -0.3 is 10.1 Å². The molecule has 3 rings (SSSR count). The van der Waals surface area contributed by atoms with E-state index >= 15 is 0 Å². The van der Waals surface area contributed by atoms with Gasteiger partial charge in [0.1, 0.15) is 5.75 Å². The Morgan fingerprint density at radius 1 is 1.35 bits per heavy atom. The summed E-state index contributed by atoms with van der Waals surface area (Å²) in [4.78, 5) is 3.63. The van der Waals surface area contributed by atoms with Crippen LogP contribution in [-0.2, 0) is 6.42 Å². The van der Waals surface area contributed by atoms with Gasteiger partial charge in [0, 0.05) is 49.6 Å². The van der Waals surface area contributed by atoms with E-state index in [4.69, 9.17) is 4.74 Å². The van der Waals surface area contributed by atoms with Crippen LogP contribution < -0.4 is 10.1 Å². The first-order chi connectivity index (χ1) is 9.69. The van der Waals surface area contributed by atoms with Crippen LogP contribution in [0, 0.1) is 0 Å². The molecular weight excluding hydrogens is 268 g/mol. The highest BCUT2D eigenvalue weighted by atomic mass is 32.1. The Labute approximate surface area is 126 Å². The quantitative estimate of drug-likeness (QED) is 0.837. The summed E-state index contributed by atoms with van der Waals surface area (Å²) < 4.78 is 5.68. The third-order valence-electron chi connectivity index (χ3n) is 4.40. The second-order valence-corrected chi connectivity index (χ2v) is 6.08. The maximum atomic E-state index is 5.68. The fourth-order valence-corrected chi connectivity index (χ4v) is 3.43. The maximum Gasteiger partial charge on any atom is 0.122 e. The first kappa shape index (κ1) is 13.8. The molecule has 4 heteroatoms. The molecule has 2 heterocycles. The number of thiol groups is 1. The van der Waals surface area contributed by atoms with E-state index in [0.29, 0.717) is 6.04 Å². The minimum Gasteiger partial charge on any atom is -0.493 e. The van der Waals surface area contributed by atoms with Crippen molar-refractivity contribution in [3.05, 3.63) is 39.9 Å². The van der Waals surface area contributed by atoms with E-state index in [1.807, 2.05) is 7.05 Å². The van der Waals surface area contributed by atoms with E-state index in [-0.39, 0.29) is 0 Å². The molecule has 0 aliphatic carbocycles. The normalized spacial score (nSPS) is 20.6. The van der Waals surface area contributed by atoms with Crippen molar-refractivity contribution in [1.82, 2.24) is 10.2 Å². The summed E-state index contributed by atoms with van der Waals surface area (Å²) in [6.45, 7) is 5.08. The van der Waals surface area contributed by atoms with E-state index in [1.54, 1.807) is 0 Å². The minimum atomic E-state index is 0.394. The van der Waals surface area contributed by atoms with Crippen molar-refractivity contribution in [2.75, 3.05) is 26.7 Å². The molecule has 1 N–H and O–H groups in total. The van der Waals surface area contributed by atoms with Crippen LogP contribution in [0.25, 0.3) is 0 Å². The number of hydrogen-bond acceptors (Lipinski definition) is 4. The molecule has 3 nitrogen and oxygen atoms in total. The molecule has 2 aliphatic rings. The summed E-state index contributed by atoms with van der Waals surface area (Å²) >= 11 is 4.62. The van der Waals surface area contributed by atoms with Crippen LogP contribution in [-0.4, -0.2) is 31.6 Å². The average Bonchev–Trinajstić information content (AvgIpc) is 2.93. The van der Waals surface area contributed by atoms with Gasteiger partial charge in [0.15, 0.2) is 0 Å². The lowest BCUT2D eigenvalue weighted by atomic mass is 10.0. The summed E-state index contributed by atoms with van der Waals surface area (Å²) in [6.07, 6.45) is 2.09. The highest BCUT2D eigenvalue weighted by Crippen LogP contribution is 2.32. The number of nitrogens with zero attached hydrogens (tertiary/aromatic N) is 1. The van der Waals surface area contributed by atoms with Gasteiger partial charge in [-0.3, -0.25) is 4.90 Å². The second-order valence-electron chi connectivity index (χ2n) is 5.54. The predicted octanol–water partition coefficient (Wildman–Crippen LogP) is 2.75. The fourth-order valence-electron chi connectivity index (χ4n) is 3.02. The van der Waals surface area contributed by atoms with Crippen molar-refractivity contribution >= 4 is 12.6 Å². The van der Waals surface area contributed by atoms with Gasteiger partial charge in [0.2, 0.25) is 0 Å². The summed E-state index contributed by atoms with van der Waals surface area (Å²) in [5, 5.41) is 3.24. The molecule has 1 atom stereocenters. The van der Waals surface area contributed by atoms with Crippen LogP contribution in [0.2, 0.25) is 0 Å². The molecule has 108 valence electrons. The largest absolute Gasteiger partial charge is 0.493 e. The predicted molar refractivity (Wildman–Crippen MR) is 85.3 cm³/mol. The van der Waals surface area contributed by atoms with Crippen molar-refractivity contribution < 1.29 is 4.74 Å². The summed E-state index contributed by atoms with van der Waals surface area (Å²) in [5.74, 6) is 1.07. The van der Waals surface area contributed by atoms with Crippen molar-refractivity contribution in [2.45, 2.75) is 25.8 Å². The monoisotopic (exact) mass is 290 g/mol. The highest BCUT2D eigenvalue weighted by Gasteiger charge is 2.23. The topological polar surface area (TPSA) is 24.5 Å². The Morgan fingerprint density at radius 3 is 2.95 bits per heavy atom. The summed E-state index contributed by atoms with van der Waals surface area (Å²) in [7, 11) is 1.97.